The van der Waals surface area contributed by atoms with Gasteiger partial charge in [0.05, 0.1) is 18.2 Å². The molecule has 6 fully saturated rings. The average Bonchev–Trinajstić information content (AvgIpc) is 3.80. The van der Waals surface area contributed by atoms with Crippen molar-refractivity contribution >= 4 is 57.7 Å². The highest BCUT2D eigenvalue weighted by molar-refractivity contribution is 6.02. The smallest absolute Gasteiger partial charge is 0.320 e. The molecule has 2 atom stereocenters. The summed E-state index contributed by atoms with van der Waals surface area (Å²) in [4.78, 5) is 69.2. The lowest BCUT2D eigenvalue weighted by Crippen LogP contribution is -2.61. The van der Waals surface area contributed by atoms with Gasteiger partial charge in [-0.25, -0.2) is 14.8 Å². The molecule has 1 spiro atoms. The van der Waals surface area contributed by atoms with Gasteiger partial charge in [-0.15, -0.1) is 0 Å². The lowest BCUT2D eigenvalue weighted by atomic mass is 9.64. The summed E-state index contributed by atoms with van der Waals surface area (Å²) in [7, 11) is 1.84. The normalized spacial score (nSPS) is 23.9. The molecular formula is C44H53N11O5. The number of amides is 5. The quantitative estimate of drug-likeness (QED) is 0.192. The number of nitrogens with one attached hydrogen (secondary N) is 2. The van der Waals surface area contributed by atoms with Crippen LogP contribution in [0.5, 0.6) is 0 Å². The summed E-state index contributed by atoms with van der Waals surface area (Å²) in [5.41, 5.74) is 10.8. The summed E-state index contributed by atoms with van der Waals surface area (Å²) in [5, 5.41) is 10.8. The number of benzene rings is 2. The first-order valence-corrected chi connectivity index (χ1v) is 21.6. The maximum absolute atomic E-state index is 12.7. The summed E-state index contributed by atoms with van der Waals surface area (Å²) < 4.78 is 5.65. The molecule has 314 valence electrons. The lowest BCUT2D eigenvalue weighted by molar-refractivity contribution is -0.134. The third-order valence-corrected chi connectivity index (χ3v) is 14.1. The number of fused-ring (bicyclic) bond motifs is 1. The third-order valence-electron chi connectivity index (χ3n) is 14.1. The number of anilines is 4. The minimum atomic E-state index is -0.637. The van der Waals surface area contributed by atoms with Crippen molar-refractivity contribution in [2.24, 2.45) is 17.1 Å². The number of likely N-dealkylation sites (N-methyl/N-ethyl adjacent to an activating group) is 1. The second-order valence-electron chi connectivity index (χ2n) is 18.1. The Morgan fingerprint density at radius 1 is 0.967 bits per heavy atom. The number of nitrogens with two attached hydrogens (primary N) is 1. The van der Waals surface area contributed by atoms with E-state index in [0.717, 1.165) is 68.9 Å². The highest BCUT2D eigenvalue weighted by Crippen LogP contribution is 2.49. The van der Waals surface area contributed by atoms with Crippen LogP contribution < -0.4 is 26.2 Å². The Balaban J connectivity index is 0.691. The van der Waals surface area contributed by atoms with E-state index >= 15 is 0 Å². The number of piperidine rings is 2. The zero-order chi connectivity index (χ0) is 41.1. The van der Waals surface area contributed by atoms with Gasteiger partial charge in [-0.05, 0) is 86.1 Å². The van der Waals surface area contributed by atoms with Gasteiger partial charge >= 0.3 is 6.03 Å². The molecule has 1 unspecified atom stereocenters. The SMILES string of the molecule is CN1CCN([C@@H]2CCCN(c3cnc(C(N)=O)c(Nc4ccc(C5CCC6(CC5)CN(CC5CN(c7ccc8c(C9CCC(=O)NC9=O)noc8c7)C5)C6)cc4)n3)C2)C1=O. The first-order chi connectivity index (χ1) is 29.1. The Kier molecular flexibility index (Phi) is 9.84. The van der Waals surface area contributed by atoms with Crippen LogP contribution in [0.25, 0.3) is 11.0 Å². The molecule has 1 saturated carbocycles. The highest BCUT2D eigenvalue weighted by Gasteiger charge is 2.46. The molecule has 0 radical (unpaired) electrons. The van der Waals surface area contributed by atoms with Crippen molar-refractivity contribution in [3.8, 4) is 0 Å². The molecule has 4 N–H and O–H groups in total. The van der Waals surface area contributed by atoms with E-state index in [4.69, 9.17) is 15.2 Å². The van der Waals surface area contributed by atoms with Crippen molar-refractivity contribution in [2.75, 3.05) is 81.1 Å². The van der Waals surface area contributed by atoms with Crippen LogP contribution >= 0.6 is 0 Å². The third kappa shape index (κ3) is 7.28. The molecule has 0 bridgehead atoms. The summed E-state index contributed by atoms with van der Waals surface area (Å²) in [6.45, 7) is 8.45. The largest absolute Gasteiger partial charge is 0.371 e. The predicted octanol–water partition coefficient (Wildman–Crippen LogP) is 4.41. The number of rotatable bonds is 10. The van der Waals surface area contributed by atoms with E-state index in [2.05, 4.69) is 65.8 Å². The number of urea groups is 1. The molecule has 5 saturated heterocycles. The van der Waals surface area contributed by atoms with E-state index in [1.54, 1.807) is 11.1 Å². The maximum atomic E-state index is 12.7. The van der Waals surface area contributed by atoms with Gasteiger partial charge in [0.15, 0.2) is 17.1 Å². The number of imide groups is 1. The fourth-order valence-electron chi connectivity index (χ4n) is 10.7. The fraction of sp³-hybridized carbons (Fsp3) is 0.523. The van der Waals surface area contributed by atoms with Crippen molar-refractivity contribution in [1.82, 2.24) is 35.1 Å². The van der Waals surface area contributed by atoms with Gasteiger partial charge in [-0.2, -0.15) is 0 Å². The average molecular weight is 816 g/mol. The van der Waals surface area contributed by atoms with Gasteiger partial charge in [0.25, 0.3) is 5.91 Å². The van der Waals surface area contributed by atoms with Crippen molar-refractivity contribution in [2.45, 2.75) is 69.2 Å². The van der Waals surface area contributed by atoms with Crippen molar-refractivity contribution in [1.29, 1.82) is 0 Å². The van der Waals surface area contributed by atoms with E-state index < -0.39 is 11.8 Å². The molecule has 5 amide bonds. The van der Waals surface area contributed by atoms with Crippen LogP contribution in [0.15, 0.2) is 53.2 Å². The number of likely N-dealkylation sites (tertiary alicyclic amines) is 1. The molecule has 60 heavy (non-hydrogen) atoms. The van der Waals surface area contributed by atoms with E-state index in [1.807, 2.05) is 24.1 Å². The Bertz CT molecular complexity index is 2310. The Labute approximate surface area is 348 Å². The molecule has 2 aromatic carbocycles. The number of aromatic nitrogens is 3. The summed E-state index contributed by atoms with van der Waals surface area (Å²) in [6.07, 6.45) is 9.11. The standard InChI is InChI=1S/C44H53N11O5/c1-51-17-18-55(43(51)59)32-3-2-16-53(24-32)36-20-46-39(40(45)57)41(48-36)47-30-6-4-28(5-7-30)29-12-14-44(15-13-29)25-52(26-44)21-27-22-54(23-27)31-8-9-33-35(19-31)60-50-38(33)34-10-11-37(56)49-42(34)58/h4-9,19-20,27,29,32,34H,2-3,10-18,21-26H2,1H3,(H2,45,57)(H,47,48)(H,49,56,58)/t32-,34?/m1/s1. The van der Waals surface area contributed by atoms with E-state index in [1.165, 1.54) is 44.3 Å². The minimum Gasteiger partial charge on any atom is -0.371 e. The van der Waals surface area contributed by atoms with Crippen LogP contribution in [0, 0.1) is 11.3 Å². The fourth-order valence-corrected chi connectivity index (χ4v) is 10.7. The summed E-state index contributed by atoms with van der Waals surface area (Å²) in [5.74, 6) is 0.526. The topological polar surface area (TPSA) is 186 Å². The molecule has 16 heteroatoms. The number of hydrogen-bond donors (Lipinski definition) is 3. The maximum Gasteiger partial charge on any atom is 0.320 e. The number of nitrogens with zero attached hydrogens (tertiary/aromatic N) is 8. The predicted molar refractivity (Wildman–Crippen MR) is 225 cm³/mol. The van der Waals surface area contributed by atoms with E-state index in [-0.39, 0.29) is 29.6 Å². The first-order valence-electron chi connectivity index (χ1n) is 21.6. The lowest BCUT2D eigenvalue weighted by Gasteiger charge is -2.56. The monoisotopic (exact) mass is 815 g/mol. The van der Waals surface area contributed by atoms with Crippen molar-refractivity contribution in [3.63, 3.8) is 0 Å². The van der Waals surface area contributed by atoms with Crippen molar-refractivity contribution < 1.29 is 23.7 Å². The van der Waals surface area contributed by atoms with E-state index in [0.29, 0.717) is 59.5 Å². The highest BCUT2D eigenvalue weighted by atomic mass is 16.5. The van der Waals surface area contributed by atoms with E-state index in [9.17, 15) is 19.2 Å². The number of hydrogen-bond acceptors (Lipinski definition) is 12. The number of carbonyl (C=O) groups is 4. The van der Waals surface area contributed by atoms with Gasteiger partial charge in [0.2, 0.25) is 11.8 Å². The van der Waals surface area contributed by atoms with Crippen LogP contribution in [0.4, 0.5) is 27.8 Å². The zero-order valence-electron chi connectivity index (χ0n) is 34.1. The van der Waals surface area contributed by atoms with Crippen molar-refractivity contribution in [3.05, 3.63) is 65.6 Å². The summed E-state index contributed by atoms with van der Waals surface area (Å²) >= 11 is 0. The molecule has 5 aliphatic heterocycles. The summed E-state index contributed by atoms with van der Waals surface area (Å²) in [6, 6.07) is 14.8. The molecule has 16 nitrogen and oxygen atoms in total. The molecule has 4 aromatic rings. The number of carbonyl (C=O) groups excluding carboxylic acids is 4. The minimum absolute atomic E-state index is 0.0748. The second kappa shape index (κ2) is 15.4. The zero-order valence-corrected chi connectivity index (χ0v) is 34.1. The van der Waals surface area contributed by atoms with Gasteiger partial charge in [-0.3, -0.25) is 19.7 Å². The molecule has 7 heterocycles. The van der Waals surface area contributed by atoms with Crippen LogP contribution in [0.3, 0.4) is 0 Å². The van der Waals surface area contributed by atoms with Crippen LogP contribution in [-0.4, -0.2) is 126 Å². The van der Waals surface area contributed by atoms with Gasteiger partial charge in [0.1, 0.15) is 11.5 Å². The Morgan fingerprint density at radius 3 is 2.50 bits per heavy atom. The molecular weight excluding hydrogens is 763 g/mol. The molecule has 6 aliphatic rings. The number of primary amides is 1. The van der Waals surface area contributed by atoms with Crippen LogP contribution in [0.2, 0.25) is 0 Å². The Morgan fingerprint density at radius 2 is 1.77 bits per heavy atom. The molecule has 2 aromatic heterocycles. The molecule has 10 rings (SSSR count). The van der Waals surface area contributed by atoms with Gasteiger partial charge in [-0.1, -0.05) is 17.3 Å². The first kappa shape index (κ1) is 38.4. The second-order valence-corrected chi connectivity index (χ2v) is 18.1. The van der Waals surface area contributed by atoms with Crippen LogP contribution in [-0.2, 0) is 9.59 Å². The van der Waals surface area contributed by atoms with Gasteiger partial charge < -0.3 is 40.1 Å². The Hall–Kier alpha value is -5.77. The van der Waals surface area contributed by atoms with Gasteiger partial charge in [0, 0.05) is 101 Å². The van der Waals surface area contributed by atoms with Crippen LogP contribution in [0.1, 0.15) is 84.9 Å². The molecule has 1 aliphatic carbocycles.